The molecule has 2 aliphatic heterocycles. The number of nitrogens with one attached hydrogen (secondary N) is 2. The molecule has 0 aromatic heterocycles. The van der Waals surface area contributed by atoms with Crippen LogP contribution in [0.5, 0.6) is 0 Å². The average molecular weight is 670 g/mol. The standard InChI is InChI=1S/C36H55N5O7/c1-22(2)19-28-32(43)37-17-16-30(42)48-29(20-23(3)4)35(46)41-18-12-15-27(41)33(44)38-26(21-25-13-10-9-11-14-25)34(45)40(8)31(24(5)6)36(47)39(28)7/h9-11,13-14,22-24,26-29,31H,12,15-21H2,1-8H3,(H,37,43)(H,38,44)/t26-,27-,28?,29?,31-/m0/s1. The van der Waals surface area contributed by atoms with Crippen LogP contribution in [0, 0.1) is 17.8 Å². The summed E-state index contributed by atoms with van der Waals surface area (Å²) in [6, 6.07) is 5.59. The predicted octanol–water partition coefficient (Wildman–Crippen LogP) is 2.54. The summed E-state index contributed by atoms with van der Waals surface area (Å²) in [7, 11) is 3.10. The van der Waals surface area contributed by atoms with Gasteiger partial charge in [-0.25, -0.2) is 0 Å². The number of likely N-dealkylation sites (N-methyl/N-ethyl adjacent to an activating group) is 2. The molecule has 5 atom stereocenters. The minimum absolute atomic E-state index is 0.0186. The molecule has 2 N–H and O–H groups in total. The number of carbonyl (C=O) groups is 6. The normalized spacial score (nSPS) is 25.9. The predicted molar refractivity (Wildman–Crippen MR) is 181 cm³/mol. The molecule has 48 heavy (non-hydrogen) atoms. The summed E-state index contributed by atoms with van der Waals surface area (Å²) < 4.78 is 5.68. The van der Waals surface area contributed by atoms with Gasteiger partial charge in [-0.05, 0) is 49.0 Å². The molecule has 0 radical (unpaired) electrons. The first kappa shape index (κ1) is 38.5. The van der Waals surface area contributed by atoms with Crippen molar-refractivity contribution in [2.45, 2.75) is 110 Å². The number of benzene rings is 1. The van der Waals surface area contributed by atoms with Gasteiger partial charge in [0.25, 0.3) is 5.91 Å². The highest BCUT2D eigenvalue weighted by Crippen LogP contribution is 2.24. The minimum Gasteiger partial charge on any atom is -0.452 e. The molecule has 2 heterocycles. The Hall–Kier alpha value is -3.96. The van der Waals surface area contributed by atoms with Crippen molar-refractivity contribution in [3.8, 4) is 0 Å². The Morgan fingerprint density at radius 2 is 1.46 bits per heavy atom. The zero-order valence-corrected chi connectivity index (χ0v) is 29.9. The van der Waals surface area contributed by atoms with Crippen LogP contribution in [-0.2, 0) is 39.9 Å². The molecule has 266 valence electrons. The van der Waals surface area contributed by atoms with Gasteiger partial charge in [0.2, 0.25) is 23.6 Å². The lowest BCUT2D eigenvalue weighted by molar-refractivity contribution is -0.162. The van der Waals surface area contributed by atoms with E-state index in [1.165, 1.54) is 14.7 Å². The van der Waals surface area contributed by atoms with Gasteiger partial charge in [-0.2, -0.15) is 0 Å². The zero-order chi connectivity index (χ0) is 35.7. The summed E-state index contributed by atoms with van der Waals surface area (Å²) in [6.45, 7) is 11.7. The first-order valence-corrected chi connectivity index (χ1v) is 17.3. The van der Waals surface area contributed by atoms with E-state index < -0.39 is 65.8 Å². The van der Waals surface area contributed by atoms with E-state index in [1.54, 1.807) is 14.1 Å². The largest absolute Gasteiger partial charge is 0.452 e. The molecule has 5 amide bonds. The Morgan fingerprint density at radius 1 is 0.812 bits per heavy atom. The molecule has 1 aromatic carbocycles. The van der Waals surface area contributed by atoms with E-state index in [4.69, 9.17) is 4.74 Å². The lowest BCUT2D eigenvalue weighted by Gasteiger charge is -2.38. The molecule has 2 saturated heterocycles. The SMILES string of the molecule is CC(C)CC1OC(=O)CCNC(=O)C(CC(C)C)N(C)C(=O)[C@H](C(C)C)N(C)C(=O)[C@H](Cc2ccccc2)NC(=O)[C@@H]2CCCN2C1=O. The maximum Gasteiger partial charge on any atom is 0.308 e. The first-order valence-electron chi connectivity index (χ1n) is 17.3. The number of esters is 1. The van der Waals surface area contributed by atoms with Crippen molar-refractivity contribution in [3.05, 3.63) is 35.9 Å². The molecule has 3 rings (SSSR count). The summed E-state index contributed by atoms with van der Waals surface area (Å²) in [5.74, 6) is -3.12. The van der Waals surface area contributed by atoms with Gasteiger partial charge in [0.15, 0.2) is 6.10 Å². The van der Waals surface area contributed by atoms with Gasteiger partial charge in [0, 0.05) is 33.6 Å². The van der Waals surface area contributed by atoms with Gasteiger partial charge in [-0.3, -0.25) is 28.8 Å². The van der Waals surface area contributed by atoms with Gasteiger partial charge in [0.05, 0.1) is 6.42 Å². The highest BCUT2D eigenvalue weighted by Gasteiger charge is 2.42. The minimum atomic E-state index is -1.10. The summed E-state index contributed by atoms with van der Waals surface area (Å²) in [6.07, 6.45) is 0.485. The molecule has 12 heteroatoms. The molecule has 0 bridgehead atoms. The van der Waals surface area contributed by atoms with E-state index >= 15 is 0 Å². The van der Waals surface area contributed by atoms with E-state index in [0.29, 0.717) is 25.8 Å². The second-order valence-corrected chi connectivity index (χ2v) is 14.3. The Balaban J connectivity index is 2.08. The quantitative estimate of drug-likeness (QED) is 0.425. The molecule has 2 aliphatic rings. The molecule has 0 saturated carbocycles. The van der Waals surface area contributed by atoms with Gasteiger partial charge in [-0.15, -0.1) is 0 Å². The van der Waals surface area contributed by atoms with Crippen molar-refractivity contribution in [1.82, 2.24) is 25.3 Å². The van der Waals surface area contributed by atoms with Crippen LogP contribution in [0.1, 0.15) is 79.2 Å². The molecule has 0 aliphatic carbocycles. The lowest BCUT2D eigenvalue weighted by Crippen LogP contribution is -2.60. The Bertz CT molecular complexity index is 1300. The molecule has 2 unspecified atom stereocenters. The van der Waals surface area contributed by atoms with Crippen molar-refractivity contribution < 1.29 is 33.5 Å². The number of rotatable bonds is 7. The average Bonchev–Trinajstić information content (AvgIpc) is 3.52. The summed E-state index contributed by atoms with van der Waals surface area (Å²) >= 11 is 0. The zero-order valence-electron chi connectivity index (χ0n) is 29.9. The third kappa shape index (κ3) is 10.0. The van der Waals surface area contributed by atoms with Gasteiger partial charge in [-0.1, -0.05) is 71.9 Å². The third-order valence-corrected chi connectivity index (χ3v) is 9.06. The van der Waals surface area contributed by atoms with E-state index in [-0.39, 0.29) is 43.6 Å². The second-order valence-electron chi connectivity index (χ2n) is 14.3. The fraction of sp³-hybridized carbons (Fsp3) is 0.667. The third-order valence-electron chi connectivity index (χ3n) is 9.06. The Morgan fingerprint density at radius 3 is 2.06 bits per heavy atom. The fourth-order valence-electron chi connectivity index (χ4n) is 6.59. The fourth-order valence-corrected chi connectivity index (χ4v) is 6.59. The monoisotopic (exact) mass is 669 g/mol. The van der Waals surface area contributed by atoms with Crippen molar-refractivity contribution >= 4 is 35.5 Å². The molecule has 1 aromatic rings. The molecular weight excluding hydrogens is 614 g/mol. The van der Waals surface area contributed by atoms with Crippen molar-refractivity contribution in [2.75, 3.05) is 27.2 Å². The number of amides is 5. The highest BCUT2D eigenvalue weighted by molar-refractivity contribution is 5.96. The van der Waals surface area contributed by atoms with Crippen LogP contribution >= 0.6 is 0 Å². The number of ether oxygens (including phenoxy) is 1. The number of carbonyl (C=O) groups excluding carboxylic acids is 6. The second kappa shape index (κ2) is 17.4. The van der Waals surface area contributed by atoms with Crippen LogP contribution < -0.4 is 10.6 Å². The molecular formula is C36H55N5O7. The summed E-state index contributed by atoms with van der Waals surface area (Å²) in [4.78, 5) is 86.9. The van der Waals surface area contributed by atoms with E-state index in [9.17, 15) is 28.8 Å². The van der Waals surface area contributed by atoms with Gasteiger partial charge in [0.1, 0.15) is 24.2 Å². The van der Waals surface area contributed by atoms with Gasteiger partial charge >= 0.3 is 5.97 Å². The smallest absolute Gasteiger partial charge is 0.308 e. The summed E-state index contributed by atoms with van der Waals surface area (Å²) in [5, 5.41) is 5.70. The van der Waals surface area contributed by atoms with Gasteiger partial charge < -0.3 is 30.1 Å². The molecule has 2 fully saturated rings. The van der Waals surface area contributed by atoms with Crippen LogP contribution in [0.4, 0.5) is 0 Å². The van der Waals surface area contributed by atoms with Crippen molar-refractivity contribution in [1.29, 1.82) is 0 Å². The number of cyclic esters (lactones) is 1. The van der Waals surface area contributed by atoms with Crippen LogP contribution in [0.3, 0.4) is 0 Å². The maximum atomic E-state index is 14.3. The Labute approximate surface area is 285 Å². The van der Waals surface area contributed by atoms with Crippen LogP contribution in [0.15, 0.2) is 30.3 Å². The lowest BCUT2D eigenvalue weighted by atomic mass is 9.96. The number of hydrogen-bond acceptors (Lipinski definition) is 7. The highest BCUT2D eigenvalue weighted by atomic mass is 16.5. The number of fused-ring (bicyclic) bond motifs is 1. The molecule has 0 spiro atoms. The van der Waals surface area contributed by atoms with Crippen LogP contribution in [-0.4, -0.2) is 108 Å². The molecule has 12 nitrogen and oxygen atoms in total. The van der Waals surface area contributed by atoms with Crippen molar-refractivity contribution in [2.24, 2.45) is 17.8 Å². The number of hydrogen-bond donors (Lipinski definition) is 2. The maximum absolute atomic E-state index is 14.3. The number of nitrogens with zero attached hydrogens (tertiary/aromatic N) is 3. The topological polar surface area (TPSA) is 145 Å². The first-order chi connectivity index (χ1) is 22.6. The van der Waals surface area contributed by atoms with E-state index in [0.717, 1.165) is 5.56 Å². The van der Waals surface area contributed by atoms with Crippen LogP contribution in [0.2, 0.25) is 0 Å². The van der Waals surface area contributed by atoms with Crippen molar-refractivity contribution in [3.63, 3.8) is 0 Å². The van der Waals surface area contributed by atoms with E-state index in [2.05, 4.69) is 10.6 Å². The Kier molecular flexibility index (Phi) is 14.0. The van der Waals surface area contributed by atoms with Crippen LogP contribution in [0.25, 0.3) is 0 Å². The van der Waals surface area contributed by atoms with E-state index in [1.807, 2.05) is 71.9 Å². The summed E-state index contributed by atoms with van der Waals surface area (Å²) in [5.41, 5.74) is 0.810.